The van der Waals surface area contributed by atoms with Crippen LogP contribution in [-0.2, 0) is 6.54 Å². The molecule has 0 saturated carbocycles. The van der Waals surface area contributed by atoms with Gasteiger partial charge in [0.2, 0.25) is 0 Å². The molecule has 0 fully saturated rings. The van der Waals surface area contributed by atoms with Crippen LogP contribution in [0.25, 0.3) is 11.0 Å². The number of hydrogen-bond donors (Lipinski definition) is 1. The van der Waals surface area contributed by atoms with E-state index in [1.807, 2.05) is 0 Å². The fourth-order valence-electron chi connectivity index (χ4n) is 1.72. The molecule has 3 heteroatoms. The fraction of sp³-hybridized carbons (Fsp3) is 0.308. The van der Waals surface area contributed by atoms with Gasteiger partial charge in [-0.3, -0.25) is 0 Å². The number of aromatic amines is 1. The van der Waals surface area contributed by atoms with Crippen LogP contribution >= 0.6 is 12.2 Å². The van der Waals surface area contributed by atoms with Crippen LogP contribution in [0.4, 0.5) is 0 Å². The molecule has 0 spiro atoms. The summed E-state index contributed by atoms with van der Waals surface area (Å²) in [6.07, 6.45) is 2.19. The van der Waals surface area contributed by atoms with Crippen molar-refractivity contribution >= 4 is 23.3 Å². The van der Waals surface area contributed by atoms with Crippen LogP contribution in [0, 0.1) is 11.7 Å². The van der Waals surface area contributed by atoms with Crippen molar-refractivity contribution in [2.75, 3.05) is 0 Å². The number of rotatable bonds is 2. The van der Waals surface area contributed by atoms with Crippen molar-refractivity contribution < 1.29 is 0 Å². The van der Waals surface area contributed by atoms with E-state index >= 15 is 0 Å². The van der Waals surface area contributed by atoms with Gasteiger partial charge in [-0.1, -0.05) is 17.7 Å². The molecular weight excluding hydrogens is 216 g/mol. The summed E-state index contributed by atoms with van der Waals surface area (Å²) in [6.45, 7) is 7.14. The predicted octanol–water partition coefficient (Wildman–Crippen LogP) is 3.97. The SMILES string of the molecule is CC(C)=CCn1c(=S)[nH]c2ccc(C)cc21. The average molecular weight is 232 g/mol. The third-order valence-electron chi connectivity index (χ3n) is 2.61. The molecule has 0 amide bonds. The van der Waals surface area contributed by atoms with Gasteiger partial charge in [-0.05, 0) is 50.7 Å². The molecular formula is C13H16N2S. The molecule has 1 heterocycles. The summed E-state index contributed by atoms with van der Waals surface area (Å²) in [6, 6.07) is 6.35. The van der Waals surface area contributed by atoms with Crippen molar-refractivity contribution in [2.24, 2.45) is 0 Å². The Morgan fingerprint density at radius 1 is 1.44 bits per heavy atom. The Balaban J connectivity index is 2.59. The normalized spacial score (nSPS) is 10.7. The van der Waals surface area contributed by atoms with Gasteiger partial charge in [0.25, 0.3) is 0 Å². The zero-order chi connectivity index (χ0) is 11.7. The molecule has 0 saturated heterocycles. The van der Waals surface area contributed by atoms with Crippen molar-refractivity contribution in [3.05, 3.63) is 40.2 Å². The maximum Gasteiger partial charge on any atom is 0.178 e. The number of nitrogens with zero attached hydrogens (tertiary/aromatic N) is 1. The minimum Gasteiger partial charge on any atom is -0.331 e. The van der Waals surface area contributed by atoms with Gasteiger partial charge in [-0.2, -0.15) is 0 Å². The van der Waals surface area contributed by atoms with Crippen LogP contribution in [0.5, 0.6) is 0 Å². The summed E-state index contributed by atoms with van der Waals surface area (Å²) in [5, 5.41) is 0. The Morgan fingerprint density at radius 3 is 2.88 bits per heavy atom. The number of nitrogens with one attached hydrogen (secondary N) is 1. The molecule has 0 aliphatic rings. The molecule has 2 nitrogen and oxygen atoms in total. The zero-order valence-corrected chi connectivity index (χ0v) is 10.7. The summed E-state index contributed by atoms with van der Waals surface area (Å²) >= 11 is 5.33. The number of hydrogen-bond acceptors (Lipinski definition) is 1. The monoisotopic (exact) mass is 232 g/mol. The smallest absolute Gasteiger partial charge is 0.178 e. The lowest BCUT2D eigenvalue weighted by Gasteiger charge is -2.01. The minimum atomic E-state index is 0.790. The van der Waals surface area contributed by atoms with Gasteiger partial charge in [-0.15, -0.1) is 0 Å². The van der Waals surface area contributed by atoms with Gasteiger partial charge in [0, 0.05) is 6.54 Å². The number of aryl methyl sites for hydroxylation is 1. The highest BCUT2D eigenvalue weighted by atomic mass is 32.1. The van der Waals surface area contributed by atoms with Crippen LogP contribution in [0.2, 0.25) is 0 Å². The summed E-state index contributed by atoms with van der Waals surface area (Å²) in [7, 11) is 0. The van der Waals surface area contributed by atoms with E-state index in [-0.39, 0.29) is 0 Å². The van der Waals surface area contributed by atoms with E-state index in [1.165, 1.54) is 16.7 Å². The number of aromatic nitrogens is 2. The summed E-state index contributed by atoms with van der Waals surface area (Å²) in [5.41, 5.74) is 4.86. The second kappa shape index (κ2) is 4.26. The summed E-state index contributed by atoms with van der Waals surface area (Å²) in [5.74, 6) is 0. The predicted molar refractivity (Wildman–Crippen MR) is 71.3 cm³/mol. The molecule has 0 atom stereocenters. The minimum absolute atomic E-state index is 0.790. The van der Waals surface area contributed by atoms with Gasteiger partial charge in [0.05, 0.1) is 11.0 Å². The Labute approximate surface area is 101 Å². The molecule has 84 valence electrons. The van der Waals surface area contributed by atoms with Gasteiger partial charge < -0.3 is 9.55 Å². The zero-order valence-electron chi connectivity index (χ0n) is 9.87. The molecule has 0 aliphatic carbocycles. The van der Waals surface area contributed by atoms with Gasteiger partial charge in [0.15, 0.2) is 4.77 Å². The second-order valence-corrected chi connectivity index (χ2v) is 4.73. The van der Waals surface area contributed by atoms with E-state index in [4.69, 9.17) is 12.2 Å². The van der Waals surface area contributed by atoms with Gasteiger partial charge in [-0.25, -0.2) is 0 Å². The Bertz CT molecular complexity index is 598. The molecule has 1 N–H and O–H groups in total. The quantitative estimate of drug-likeness (QED) is 0.613. The van der Waals surface area contributed by atoms with Crippen molar-refractivity contribution in [3.8, 4) is 0 Å². The van der Waals surface area contributed by atoms with E-state index < -0.39 is 0 Å². The third kappa shape index (κ3) is 2.09. The Morgan fingerprint density at radius 2 is 2.19 bits per heavy atom. The summed E-state index contributed by atoms with van der Waals surface area (Å²) < 4.78 is 2.92. The lowest BCUT2D eigenvalue weighted by molar-refractivity contribution is 0.827. The fourth-order valence-corrected chi connectivity index (χ4v) is 2.00. The van der Waals surface area contributed by atoms with Crippen molar-refractivity contribution in [3.63, 3.8) is 0 Å². The standard InChI is InChI=1S/C13H16N2S/c1-9(2)6-7-15-12-8-10(3)4-5-11(12)14-13(15)16/h4-6,8H,7H2,1-3H3,(H,14,16). The van der Waals surface area contributed by atoms with Crippen LogP contribution in [0.15, 0.2) is 29.8 Å². The molecule has 0 radical (unpaired) electrons. The first kappa shape index (κ1) is 11.1. The molecule has 0 bridgehead atoms. The van der Waals surface area contributed by atoms with E-state index in [2.05, 4.69) is 54.6 Å². The first-order chi connectivity index (χ1) is 7.58. The molecule has 16 heavy (non-hydrogen) atoms. The van der Waals surface area contributed by atoms with E-state index in [9.17, 15) is 0 Å². The maximum absolute atomic E-state index is 5.33. The van der Waals surface area contributed by atoms with Crippen LogP contribution < -0.4 is 0 Å². The topological polar surface area (TPSA) is 20.7 Å². The largest absolute Gasteiger partial charge is 0.331 e. The van der Waals surface area contributed by atoms with Gasteiger partial charge in [0.1, 0.15) is 0 Å². The highest BCUT2D eigenvalue weighted by Gasteiger charge is 2.02. The van der Waals surface area contributed by atoms with Crippen LogP contribution in [0.1, 0.15) is 19.4 Å². The molecule has 0 unspecified atom stereocenters. The maximum atomic E-state index is 5.33. The van der Waals surface area contributed by atoms with Crippen LogP contribution in [-0.4, -0.2) is 9.55 Å². The molecule has 0 aliphatic heterocycles. The number of imidazole rings is 1. The molecule has 1 aromatic carbocycles. The molecule has 1 aromatic heterocycles. The average Bonchev–Trinajstić information content (AvgIpc) is 2.51. The second-order valence-electron chi connectivity index (χ2n) is 4.34. The Hall–Kier alpha value is -1.35. The van der Waals surface area contributed by atoms with E-state index in [0.29, 0.717) is 0 Å². The van der Waals surface area contributed by atoms with Crippen LogP contribution in [0.3, 0.4) is 0 Å². The van der Waals surface area contributed by atoms with Crippen molar-refractivity contribution in [1.82, 2.24) is 9.55 Å². The number of fused-ring (bicyclic) bond motifs is 1. The number of H-pyrrole nitrogens is 1. The lowest BCUT2D eigenvalue weighted by Crippen LogP contribution is -1.95. The molecule has 2 rings (SSSR count). The first-order valence-corrected chi connectivity index (χ1v) is 5.81. The lowest BCUT2D eigenvalue weighted by atomic mass is 10.2. The van der Waals surface area contributed by atoms with Gasteiger partial charge >= 0.3 is 0 Å². The first-order valence-electron chi connectivity index (χ1n) is 5.40. The highest BCUT2D eigenvalue weighted by molar-refractivity contribution is 7.71. The summed E-state index contributed by atoms with van der Waals surface area (Å²) in [4.78, 5) is 3.23. The number of allylic oxidation sites excluding steroid dienone is 2. The van der Waals surface area contributed by atoms with Crippen molar-refractivity contribution in [1.29, 1.82) is 0 Å². The molecule has 2 aromatic rings. The number of benzene rings is 1. The van der Waals surface area contributed by atoms with E-state index in [1.54, 1.807) is 0 Å². The third-order valence-corrected chi connectivity index (χ3v) is 2.94. The van der Waals surface area contributed by atoms with E-state index in [0.717, 1.165) is 16.8 Å². The Kier molecular flexibility index (Phi) is 2.97. The van der Waals surface area contributed by atoms with Crippen molar-refractivity contribution in [2.45, 2.75) is 27.3 Å². The highest BCUT2D eigenvalue weighted by Crippen LogP contribution is 2.16.